The average Bonchev–Trinajstić information content (AvgIpc) is 2.99. The lowest BCUT2D eigenvalue weighted by Gasteiger charge is -2.22. The third kappa shape index (κ3) is 4.60. The van der Waals surface area contributed by atoms with Gasteiger partial charge in [-0.05, 0) is 18.6 Å². The van der Waals surface area contributed by atoms with Crippen molar-refractivity contribution >= 4 is 21.9 Å². The van der Waals surface area contributed by atoms with Crippen molar-refractivity contribution < 1.29 is 4.52 Å². The number of aliphatic imine (C=N–C) groups is 1. The van der Waals surface area contributed by atoms with Crippen LogP contribution in [-0.4, -0.2) is 29.6 Å². The van der Waals surface area contributed by atoms with Crippen LogP contribution in [0.15, 0.2) is 50.6 Å². The summed E-state index contributed by atoms with van der Waals surface area (Å²) in [6, 6.07) is 10.0. The lowest BCUT2D eigenvalue weighted by atomic mass is 10.2. The van der Waals surface area contributed by atoms with Crippen molar-refractivity contribution in [3.63, 3.8) is 0 Å². The lowest BCUT2D eigenvalue weighted by molar-refractivity contribution is 0.411. The van der Waals surface area contributed by atoms with Crippen molar-refractivity contribution in [1.29, 1.82) is 0 Å². The molecule has 1 heterocycles. The van der Waals surface area contributed by atoms with Crippen LogP contribution in [0.3, 0.4) is 0 Å². The van der Waals surface area contributed by atoms with Gasteiger partial charge in [-0.25, -0.2) is 4.99 Å². The van der Waals surface area contributed by atoms with Crippen LogP contribution in [0, 0.1) is 0 Å². The summed E-state index contributed by atoms with van der Waals surface area (Å²) in [5.74, 6) is 0.844. The Kier molecular flexibility index (Phi) is 5.80. The fourth-order valence-corrected chi connectivity index (χ4v) is 2.31. The number of guanidine groups is 1. The molecule has 0 unspecified atom stereocenters. The van der Waals surface area contributed by atoms with Gasteiger partial charge >= 0.3 is 0 Å². The fourth-order valence-electron chi connectivity index (χ4n) is 1.90. The quantitative estimate of drug-likeness (QED) is 0.665. The fraction of sp³-hybridized carbons (Fsp3) is 0.333. The van der Waals surface area contributed by atoms with E-state index >= 15 is 0 Å². The van der Waals surface area contributed by atoms with Crippen molar-refractivity contribution in [3.05, 3.63) is 52.3 Å². The molecule has 2 aromatic rings. The molecule has 6 heteroatoms. The highest BCUT2D eigenvalue weighted by atomic mass is 79.9. The number of nitrogens with one attached hydrogen (secondary N) is 1. The Morgan fingerprint density at radius 3 is 2.86 bits per heavy atom. The Morgan fingerprint density at radius 2 is 2.19 bits per heavy atom. The smallest absolute Gasteiger partial charge is 0.194 e. The molecule has 0 aliphatic heterocycles. The average molecular weight is 351 g/mol. The van der Waals surface area contributed by atoms with E-state index in [0.717, 1.165) is 29.2 Å². The highest BCUT2D eigenvalue weighted by Gasteiger charge is 2.08. The zero-order chi connectivity index (χ0) is 15.1. The highest BCUT2D eigenvalue weighted by Crippen LogP contribution is 2.17. The van der Waals surface area contributed by atoms with Crippen molar-refractivity contribution in [2.45, 2.75) is 20.0 Å². The second-order valence-corrected chi connectivity index (χ2v) is 5.46. The van der Waals surface area contributed by atoms with E-state index in [-0.39, 0.29) is 0 Å². The molecule has 0 fully saturated rings. The van der Waals surface area contributed by atoms with E-state index in [9.17, 15) is 0 Å². The molecule has 1 aromatic carbocycles. The maximum atomic E-state index is 4.82. The molecule has 0 saturated heterocycles. The normalized spacial score (nSPS) is 11.5. The van der Waals surface area contributed by atoms with E-state index in [1.807, 2.05) is 31.3 Å². The summed E-state index contributed by atoms with van der Waals surface area (Å²) < 4.78 is 5.92. The second-order valence-electron chi connectivity index (χ2n) is 4.61. The summed E-state index contributed by atoms with van der Waals surface area (Å²) in [6.45, 7) is 4.14. The van der Waals surface area contributed by atoms with Gasteiger partial charge in [0.25, 0.3) is 0 Å². The third-order valence-electron chi connectivity index (χ3n) is 2.94. The predicted molar refractivity (Wildman–Crippen MR) is 86.9 cm³/mol. The van der Waals surface area contributed by atoms with Crippen molar-refractivity contribution in [1.82, 2.24) is 15.4 Å². The molecule has 112 valence electrons. The monoisotopic (exact) mass is 350 g/mol. The molecule has 0 radical (unpaired) electrons. The van der Waals surface area contributed by atoms with Gasteiger partial charge in [0, 0.05) is 30.7 Å². The number of benzene rings is 1. The van der Waals surface area contributed by atoms with Gasteiger partial charge in [0.15, 0.2) is 5.96 Å². The lowest BCUT2D eigenvalue weighted by Crippen LogP contribution is -2.38. The Hall–Kier alpha value is -1.82. The summed E-state index contributed by atoms with van der Waals surface area (Å²) in [6.07, 6.45) is 1.56. The number of nitrogens with zero attached hydrogens (tertiary/aromatic N) is 3. The molecule has 0 amide bonds. The molecule has 1 N–H and O–H groups in total. The van der Waals surface area contributed by atoms with Gasteiger partial charge in [0.2, 0.25) is 0 Å². The van der Waals surface area contributed by atoms with Gasteiger partial charge in [0.1, 0.15) is 12.0 Å². The molecule has 2 rings (SSSR count). The molecule has 1 aromatic heterocycles. The minimum Gasteiger partial charge on any atom is -0.364 e. The molecule has 21 heavy (non-hydrogen) atoms. The van der Waals surface area contributed by atoms with Crippen molar-refractivity contribution in [2.24, 2.45) is 4.99 Å². The maximum absolute atomic E-state index is 4.82. The van der Waals surface area contributed by atoms with E-state index in [1.165, 1.54) is 5.56 Å². The Bertz CT molecular complexity index is 583. The number of hydrogen-bond acceptors (Lipinski definition) is 3. The van der Waals surface area contributed by atoms with E-state index in [2.05, 4.69) is 49.3 Å². The second kappa shape index (κ2) is 7.83. The van der Waals surface area contributed by atoms with Gasteiger partial charge in [-0.3, -0.25) is 0 Å². The summed E-state index contributed by atoms with van der Waals surface area (Å²) in [5.41, 5.74) is 2.03. The first-order valence-corrected chi connectivity index (χ1v) is 7.62. The van der Waals surface area contributed by atoms with Gasteiger partial charge in [-0.1, -0.05) is 39.3 Å². The molecular formula is C15H19BrN4O. The minimum atomic E-state index is 0.499. The zero-order valence-corrected chi connectivity index (χ0v) is 13.8. The first kappa shape index (κ1) is 15.6. The zero-order valence-electron chi connectivity index (χ0n) is 12.2. The number of halogens is 1. The molecule has 0 aliphatic carbocycles. The number of hydrogen-bond donors (Lipinski definition) is 1. The topological polar surface area (TPSA) is 53.7 Å². The summed E-state index contributed by atoms with van der Waals surface area (Å²) in [5, 5.41) is 7.16. The van der Waals surface area contributed by atoms with E-state index in [4.69, 9.17) is 4.52 Å². The van der Waals surface area contributed by atoms with Gasteiger partial charge in [-0.15, -0.1) is 0 Å². The van der Waals surface area contributed by atoms with E-state index in [1.54, 1.807) is 6.26 Å². The maximum Gasteiger partial charge on any atom is 0.194 e. The highest BCUT2D eigenvalue weighted by molar-refractivity contribution is 9.10. The third-order valence-corrected chi connectivity index (χ3v) is 3.72. The first-order chi connectivity index (χ1) is 10.2. The summed E-state index contributed by atoms with van der Waals surface area (Å²) >= 11 is 3.57. The number of aromatic nitrogens is 1. The van der Waals surface area contributed by atoms with Crippen LogP contribution in [-0.2, 0) is 13.1 Å². The van der Waals surface area contributed by atoms with E-state index in [0.29, 0.717) is 6.54 Å². The van der Waals surface area contributed by atoms with Gasteiger partial charge in [0.05, 0.1) is 6.54 Å². The predicted octanol–water partition coefficient (Wildman–Crippen LogP) is 3.03. The van der Waals surface area contributed by atoms with Crippen LogP contribution in [0.5, 0.6) is 0 Å². The van der Waals surface area contributed by atoms with Gasteiger partial charge in [-0.2, -0.15) is 0 Å². The Morgan fingerprint density at radius 1 is 1.38 bits per heavy atom. The van der Waals surface area contributed by atoms with Crippen LogP contribution in [0.25, 0.3) is 0 Å². The summed E-state index contributed by atoms with van der Waals surface area (Å²) in [4.78, 5) is 6.66. The molecule has 0 saturated carbocycles. The largest absolute Gasteiger partial charge is 0.364 e. The number of rotatable bonds is 5. The Labute approximate surface area is 133 Å². The summed E-state index contributed by atoms with van der Waals surface area (Å²) in [7, 11) is 2.02. The van der Waals surface area contributed by atoms with Crippen LogP contribution >= 0.6 is 15.9 Å². The molecule has 0 aliphatic rings. The molecule has 5 nitrogen and oxygen atoms in total. The van der Waals surface area contributed by atoms with Crippen molar-refractivity contribution in [3.8, 4) is 0 Å². The molecule has 0 atom stereocenters. The molecule has 0 spiro atoms. The standard InChI is InChI=1S/C15H19BrN4O/c1-3-17-15(18-10-13-8-9-21-19-13)20(2)11-12-6-4-5-7-14(12)16/h4-9H,3,10-11H2,1-2H3,(H,17,18). The molecular weight excluding hydrogens is 332 g/mol. The van der Waals surface area contributed by atoms with Crippen LogP contribution in [0.2, 0.25) is 0 Å². The van der Waals surface area contributed by atoms with Crippen LogP contribution in [0.4, 0.5) is 0 Å². The minimum absolute atomic E-state index is 0.499. The van der Waals surface area contributed by atoms with Crippen LogP contribution in [0.1, 0.15) is 18.2 Å². The molecule has 0 bridgehead atoms. The van der Waals surface area contributed by atoms with E-state index < -0.39 is 0 Å². The Balaban J connectivity index is 2.06. The first-order valence-electron chi connectivity index (χ1n) is 6.82. The van der Waals surface area contributed by atoms with Gasteiger partial charge < -0.3 is 14.7 Å². The van der Waals surface area contributed by atoms with Crippen LogP contribution < -0.4 is 5.32 Å². The SMILES string of the molecule is CCNC(=NCc1ccon1)N(C)Cc1ccccc1Br. The van der Waals surface area contributed by atoms with Crippen molar-refractivity contribution in [2.75, 3.05) is 13.6 Å².